The van der Waals surface area contributed by atoms with E-state index in [9.17, 15) is 0 Å². The van der Waals surface area contributed by atoms with E-state index in [1.54, 1.807) is 0 Å². The highest BCUT2D eigenvalue weighted by Crippen LogP contribution is 2.19. The molecule has 104 valence electrons. The summed E-state index contributed by atoms with van der Waals surface area (Å²) in [6, 6.07) is 15.4. The molecule has 2 aromatic rings. The lowest BCUT2D eigenvalue weighted by atomic mass is 10.1. The maximum atomic E-state index is 5.98. The first kappa shape index (κ1) is 14.4. The molecular weight excluding hydrogens is 270 g/mol. The third-order valence-corrected chi connectivity index (χ3v) is 3.30. The van der Waals surface area contributed by atoms with Crippen LogP contribution in [0.5, 0.6) is 0 Å². The molecule has 0 amide bonds. The second-order valence-electron chi connectivity index (χ2n) is 4.46. The Labute approximate surface area is 124 Å². The Morgan fingerprint density at radius 2 is 1.80 bits per heavy atom. The molecule has 0 atom stereocenters. The third-order valence-electron chi connectivity index (χ3n) is 3.05. The summed E-state index contributed by atoms with van der Waals surface area (Å²) < 4.78 is 0. The average Bonchev–Trinajstić information content (AvgIpc) is 2.46. The third kappa shape index (κ3) is 3.31. The Balaban J connectivity index is 2.31. The number of hydrogen-bond acceptors (Lipinski definition) is 3. The van der Waals surface area contributed by atoms with Crippen molar-refractivity contribution < 1.29 is 0 Å². The Morgan fingerprint density at radius 3 is 2.40 bits per heavy atom. The van der Waals surface area contributed by atoms with Gasteiger partial charge in [0.05, 0.1) is 11.4 Å². The van der Waals surface area contributed by atoms with Gasteiger partial charge in [-0.15, -0.1) is 0 Å². The van der Waals surface area contributed by atoms with E-state index in [-0.39, 0.29) is 0 Å². The highest BCUT2D eigenvalue weighted by atomic mass is 35.5. The van der Waals surface area contributed by atoms with Gasteiger partial charge < -0.3 is 5.73 Å². The minimum atomic E-state index is 0.720. The summed E-state index contributed by atoms with van der Waals surface area (Å²) in [4.78, 5) is 0. The topological polar surface area (TPSA) is 41.6 Å². The lowest BCUT2D eigenvalue weighted by Gasteiger charge is -2.19. The Hall–Kier alpha value is -2.00. The fourth-order valence-electron chi connectivity index (χ4n) is 1.99. The first-order valence-corrected chi connectivity index (χ1v) is 6.92. The van der Waals surface area contributed by atoms with E-state index < -0.39 is 0 Å². The minimum absolute atomic E-state index is 0.720. The van der Waals surface area contributed by atoms with Crippen LogP contribution in [-0.2, 0) is 0 Å². The quantitative estimate of drug-likeness (QED) is 0.521. The van der Waals surface area contributed by atoms with E-state index in [2.05, 4.69) is 12.0 Å². The molecule has 0 spiro atoms. The van der Waals surface area contributed by atoms with E-state index in [1.807, 2.05) is 60.5 Å². The van der Waals surface area contributed by atoms with Crippen LogP contribution in [0, 0.1) is 0 Å². The summed E-state index contributed by atoms with van der Waals surface area (Å²) in [6.07, 6.45) is 0. The molecule has 0 radical (unpaired) electrons. The van der Waals surface area contributed by atoms with Gasteiger partial charge in [0, 0.05) is 22.8 Å². The number of anilines is 2. The molecule has 2 N–H and O–H groups in total. The molecule has 0 bridgehead atoms. The van der Waals surface area contributed by atoms with Gasteiger partial charge in [-0.3, -0.25) is 5.01 Å². The van der Waals surface area contributed by atoms with E-state index in [0.717, 1.165) is 34.2 Å². The highest BCUT2D eigenvalue weighted by molar-refractivity contribution is 6.30. The van der Waals surface area contributed by atoms with E-state index in [1.165, 1.54) is 0 Å². The van der Waals surface area contributed by atoms with Gasteiger partial charge in [0.15, 0.2) is 0 Å². The lowest BCUT2D eigenvalue weighted by molar-refractivity contribution is 0.892. The lowest BCUT2D eigenvalue weighted by Crippen LogP contribution is -2.18. The van der Waals surface area contributed by atoms with Crippen LogP contribution in [0.3, 0.4) is 0 Å². The van der Waals surface area contributed by atoms with Gasteiger partial charge in [0.1, 0.15) is 0 Å². The summed E-state index contributed by atoms with van der Waals surface area (Å²) in [7, 11) is 0. The van der Waals surface area contributed by atoms with Gasteiger partial charge in [-0.05, 0) is 44.2 Å². The second-order valence-corrected chi connectivity index (χ2v) is 4.90. The van der Waals surface area contributed by atoms with Crippen LogP contribution >= 0.6 is 11.6 Å². The van der Waals surface area contributed by atoms with Gasteiger partial charge >= 0.3 is 0 Å². The van der Waals surface area contributed by atoms with Gasteiger partial charge in [0.2, 0.25) is 0 Å². The molecule has 3 nitrogen and oxygen atoms in total. The number of hydrazone groups is 1. The predicted octanol–water partition coefficient (Wildman–Crippen LogP) is 4.17. The van der Waals surface area contributed by atoms with Gasteiger partial charge in [-0.2, -0.15) is 5.10 Å². The molecule has 0 aliphatic heterocycles. The van der Waals surface area contributed by atoms with Crippen LogP contribution in [0.1, 0.15) is 19.4 Å². The Kier molecular flexibility index (Phi) is 4.64. The zero-order valence-electron chi connectivity index (χ0n) is 11.7. The minimum Gasteiger partial charge on any atom is -0.398 e. The summed E-state index contributed by atoms with van der Waals surface area (Å²) in [5.74, 6) is 0. The van der Waals surface area contributed by atoms with Crippen LogP contribution in [0.4, 0.5) is 11.4 Å². The maximum Gasteiger partial charge on any atom is 0.0671 e. The van der Waals surface area contributed by atoms with Crippen LogP contribution in [-0.4, -0.2) is 12.3 Å². The van der Waals surface area contributed by atoms with Crippen LogP contribution in [0.2, 0.25) is 5.02 Å². The largest absolute Gasteiger partial charge is 0.398 e. The molecule has 0 aliphatic carbocycles. The Bertz CT molecular complexity index is 605. The van der Waals surface area contributed by atoms with Crippen molar-refractivity contribution in [3.05, 3.63) is 59.1 Å². The molecule has 0 unspecified atom stereocenters. The maximum absolute atomic E-state index is 5.98. The molecule has 4 heteroatoms. The van der Waals surface area contributed by atoms with E-state index in [4.69, 9.17) is 17.3 Å². The number of halogens is 1. The van der Waals surface area contributed by atoms with Crippen molar-refractivity contribution in [2.75, 3.05) is 17.3 Å². The van der Waals surface area contributed by atoms with Gasteiger partial charge in [0.25, 0.3) is 0 Å². The standard InChI is InChI=1S/C16H18ClN3/c1-3-20(14-10-8-13(17)9-11-14)19-12(2)15-6-4-5-7-16(15)18/h4-11H,3,18H2,1-2H3/b19-12+. The fraction of sp³-hybridized carbons (Fsp3) is 0.188. The Morgan fingerprint density at radius 1 is 1.15 bits per heavy atom. The molecule has 0 saturated heterocycles. The average molecular weight is 288 g/mol. The molecule has 0 aromatic heterocycles. The predicted molar refractivity (Wildman–Crippen MR) is 87.5 cm³/mol. The van der Waals surface area contributed by atoms with Crippen LogP contribution < -0.4 is 10.7 Å². The molecule has 0 fully saturated rings. The van der Waals surface area contributed by atoms with Crippen molar-refractivity contribution in [1.82, 2.24) is 0 Å². The molecule has 0 aliphatic rings. The second kappa shape index (κ2) is 6.44. The monoisotopic (exact) mass is 287 g/mol. The number of hydrogen-bond donors (Lipinski definition) is 1. The van der Waals surface area contributed by atoms with Crippen molar-refractivity contribution in [2.24, 2.45) is 5.10 Å². The molecule has 2 aromatic carbocycles. The van der Waals surface area contributed by atoms with Crippen molar-refractivity contribution in [1.29, 1.82) is 0 Å². The molecule has 20 heavy (non-hydrogen) atoms. The first-order valence-electron chi connectivity index (χ1n) is 6.55. The smallest absolute Gasteiger partial charge is 0.0671 e. The molecule has 0 saturated carbocycles. The summed E-state index contributed by atoms with van der Waals surface area (Å²) in [6.45, 7) is 4.79. The van der Waals surface area contributed by atoms with Crippen LogP contribution in [0.25, 0.3) is 0 Å². The summed E-state index contributed by atoms with van der Waals surface area (Å²) in [5, 5.41) is 7.30. The van der Waals surface area contributed by atoms with Crippen molar-refractivity contribution >= 4 is 28.7 Å². The summed E-state index contributed by atoms with van der Waals surface area (Å²) in [5.41, 5.74) is 9.57. The van der Waals surface area contributed by atoms with Crippen molar-refractivity contribution in [3.63, 3.8) is 0 Å². The number of benzene rings is 2. The first-order chi connectivity index (χ1) is 9.61. The normalized spacial score (nSPS) is 11.4. The van der Waals surface area contributed by atoms with Gasteiger partial charge in [-0.25, -0.2) is 0 Å². The SMILES string of the molecule is CCN(/N=C(\C)c1ccccc1N)c1ccc(Cl)cc1. The zero-order valence-corrected chi connectivity index (χ0v) is 12.4. The highest BCUT2D eigenvalue weighted by Gasteiger charge is 2.06. The molecule has 0 heterocycles. The molecular formula is C16H18ClN3. The zero-order chi connectivity index (χ0) is 14.5. The van der Waals surface area contributed by atoms with E-state index >= 15 is 0 Å². The van der Waals surface area contributed by atoms with Gasteiger partial charge in [-0.1, -0.05) is 29.8 Å². The fourth-order valence-corrected chi connectivity index (χ4v) is 2.11. The van der Waals surface area contributed by atoms with Crippen LogP contribution in [0.15, 0.2) is 53.6 Å². The number of para-hydroxylation sites is 1. The number of nitrogen functional groups attached to an aromatic ring is 1. The molecule has 2 rings (SSSR count). The van der Waals surface area contributed by atoms with Crippen molar-refractivity contribution in [2.45, 2.75) is 13.8 Å². The number of nitrogens with two attached hydrogens (primary N) is 1. The number of rotatable bonds is 4. The van der Waals surface area contributed by atoms with Crippen molar-refractivity contribution in [3.8, 4) is 0 Å². The summed E-state index contributed by atoms with van der Waals surface area (Å²) >= 11 is 5.91. The van der Waals surface area contributed by atoms with E-state index in [0.29, 0.717) is 0 Å². The number of nitrogens with zero attached hydrogens (tertiary/aromatic N) is 2.